The molecule has 2 rings (SSSR count). The number of hydrogen-bond acceptors (Lipinski definition) is 3. The number of carbonyl (C=O) groups excluding carboxylic acids is 2. The predicted molar refractivity (Wildman–Crippen MR) is 92.4 cm³/mol. The Kier molecular flexibility index (Phi) is 6.19. The fraction of sp³-hybridized carbons (Fsp3) is 0.176. The summed E-state index contributed by atoms with van der Waals surface area (Å²) in [5, 5.41) is 3.06. The van der Waals surface area contributed by atoms with E-state index < -0.39 is 12.1 Å². The van der Waals surface area contributed by atoms with E-state index in [1.165, 1.54) is 0 Å². The highest BCUT2D eigenvalue weighted by molar-refractivity contribution is 9.10. The van der Waals surface area contributed by atoms with E-state index in [4.69, 9.17) is 16.3 Å². The molecule has 0 aliphatic carbocycles. The topological polar surface area (TPSA) is 55.4 Å². The average molecular weight is 397 g/mol. The first-order valence-electron chi connectivity index (χ1n) is 6.95. The minimum Gasteiger partial charge on any atom is -0.456 e. The summed E-state index contributed by atoms with van der Waals surface area (Å²) >= 11 is 9.35. The van der Waals surface area contributed by atoms with Crippen LogP contribution in [0.2, 0.25) is 5.02 Å². The second-order valence-electron chi connectivity index (χ2n) is 4.84. The Labute approximate surface area is 147 Å². The molecule has 0 heterocycles. The van der Waals surface area contributed by atoms with E-state index in [-0.39, 0.29) is 12.5 Å². The fourth-order valence-corrected chi connectivity index (χ4v) is 2.52. The van der Waals surface area contributed by atoms with Crippen LogP contribution in [-0.4, -0.2) is 18.4 Å². The third-order valence-electron chi connectivity index (χ3n) is 3.15. The van der Waals surface area contributed by atoms with Crippen LogP contribution >= 0.6 is 27.5 Å². The Morgan fingerprint density at radius 3 is 2.48 bits per heavy atom. The Bertz CT molecular complexity index is 703. The SMILES string of the molecule is C[C@H](OC(=O)CNC(=O)c1ccc(Br)cc1)c1ccccc1Cl. The van der Waals surface area contributed by atoms with Gasteiger partial charge in [-0.05, 0) is 37.3 Å². The minimum atomic E-state index is -0.525. The highest BCUT2D eigenvalue weighted by Gasteiger charge is 2.15. The largest absolute Gasteiger partial charge is 0.456 e. The van der Waals surface area contributed by atoms with Crippen molar-refractivity contribution in [2.75, 3.05) is 6.54 Å². The van der Waals surface area contributed by atoms with Crippen molar-refractivity contribution in [2.24, 2.45) is 0 Å². The van der Waals surface area contributed by atoms with Gasteiger partial charge in [-0.15, -0.1) is 0 Å². The molecule has 0 aromatic heterocycles. The van der Waals surface area contributed by atoms with Crippen molar-refractivity contribution >= 4 is 39.4 Å². The molecule has 0 radical (unpaired) electrons. The number of carbonyl (C=O) groups is 2. The molecule has 2 aromatic carbocycles. The van der Waals surface area contributed by atoms with Gasteiger partial charge in [-0.3, -0.25) is 9.59 Å². The average Bonchev–Trinajstić information content (AvgIpc) is 2.53. The molecule has 1 atom stereocenters. The van der Waals surface area contributed by atoms with E-state index >= 15 is 0 Å². The zero-order chi connectivity index (χ0) is 16.8. The highest BCUT2D eigenvalue weighted by Crippen LogP contribution is 2.24. The van der Waals surface area contributed by atoms with Crippen molar-refractivity contribution in [3.05, 3.63) is 69.2 Å². The summed E-state index contributed by atoms with van der Waals surface area (Å²) < 4.78 is 6.15. The Hall–Kier alpha value is -1.85. The van der Waals surface area contributed by atoms with Gasteiger partial charge in [-0.2, -0.15) is 0 Å². The second-order valence-corrected chi connectivity index (χ2v) is 6.17. The van der Waals surface area contributed by atoms with Crippen LogP contribution in [0.4, 0.5) is 0 Å². The number of benzene rings is 2. The molecule has 0 saturated heterocycles. The van der Waals surface area contributed by atoms with E-state index in [0.29, 0.717) is 10.6 Å². The summed E-state index contributed by atoms with van der Waals surface area (Å²) in [6.45, 7) is 1.53. The van der Waals surface area contributed by atoms with Crippen LogP contribution in [0.1, 0.15) is 28.9 Å². The first-order chi connectivity index (χ1) is 11.0. The number of hydrogen-bond donors (Lipinski definition) is 1. The molecule has 0 saturated carbocycles. The third-order valence-corrected chi connectivity index (χ3v) is 4.02. The van der Waals surface area contributed by atoms with Crippen LogP contribution in [0.15, 0.2) is 53.0 Å². The molecule has 0 aliphatic rings. The molecule has 2 aromatic rings. The van der Waals surface area contributed by atoms with E-state index in [0.717, 1.165) is 10.0 Å². The van der Waals surface area contributed by atoms with Crippen LogP contribution in [-0.2, 0) is 9.53 Å². The first kappa shape index (κ1) is 17.5. The minimum absolute atomic E-state index is 0.205. The molecule has 0 bridgehead atoms. The van der Waals surface area contributed by atoms with Gasteiger partial charge in [0.15, 0.2) is 0 Å². The summed E-state index contributed by atoms with van der Waals surface area (Å²) in [4.78, 5) is 23.8. The van der Waals surface area contributed by atoms with Gasteiger partial charge in [0, 0.05) is 20.6 Å². The number of esters is 1. The third kappa shape index (κ3) is 5.08. The molecule has 0 unspecified atom stereocenters. The maximum Gasteiger partial charge on any atom is 0.326 e. The molecule has 4 nitrogen and oxygen atoms in total. The molecule has 120 valence electrons. The maximum absolute atomic E-state index is 11.9. The quantitative estimate of drug-likeness (QED) is 0.773. The van der Waals surface area contributed by atoms with E-state index in [1.54, 1.807) is 49.4 Å². The van der Waals surface area contributed by atoms with E-state index in [1.807, 2.05) is 6.07 Å². The second kappa shape index (κ2) is 8.13. The molecule has 23 heavy (non-hydrogen) atoms. The van der Waals surface area contributed by atoms with Gasteiger partial charge in [0.25, 0.3) is 5.91 Å². The van der Waals surface area contributed by atoms with Gasteiger partial charge >= 0.3 is 5.97 Å². The molecule has 1 N–H and O–H groups in total. The van der Waals surface area contributed by atoms with Gasteiger partial charge in [0.2, 0.25) is 0 Å². The summed E-state index contributed by atoms with van der Waals surface area (Å²) in [5.74, 6) is -0.859. The summed E-state index contributed by atoms with van der Waals surface area (Å²) in [6.07, 6.45) is -0.485. The summed E-state index contributed by atoms with van der Waals surface area (Å²) in [7, 11) is 0. The molecule has 0 aliphatic heterocycles. The molecule has 0 spiro atoms. The van der Waals surface area contributed by atoms with E-state index in [2.05, 4.69) is 21.2 Å². The highest BCUT2D eigenvalue weighted by atomic mass is 79.9. The molecule has 0 fully saturated rings. The Morgan fingerprint density at radius 1 is 1.17 bits per heavy atom. The number of amides is 1. The maximum atomic E-state index is 11.9. The van der Waals surface area contributed by atoms with Gasteiger partial charge < -0.3 is 10.1 Å². The number of rotatable bonds is 5. The Balaban J connectivity index is 1.86. The van der Waals surface area contributed by atoms with E-state index in [9.17, 15) is 9.59 Å². The lowest BCUT2D eigenvalue weighted by molar-refractivity contribution is -0.147. The summed E-state index contributed by atoms with van der Waals surface area (Å²) in [5.41, 5.74) is 1.20. The zero-order valence-corrected chi connectivity index (χ0v) is 14.7. The lowest BCUT2D eigenvalue weighted by atomic mass is 10.1. The van der Waals surface area contributed by atoms with Crippen LogP contribution < -0.4 is 5.32 Å². The van der Waals surface area contributed by atoms with Crippen molar-refractivity contribution in [2.45, 2.75) is 13.0 Å². The smallest absolute Gasteiger partial charge is 0.326 e. The van der Waals surface area contributed by atoms with Crippen LogP contribution in [0.3, 0.4) is 0 Å². The van der Waals surface area contributed by atoms with Crippen LogP contribution in [0.25, 0.3) is 0 Å². The number of nitrogens with one attached hydrogen (secondary N) is 1. The van der Waals surface area contributed by atoms with Gasteiger partial charge in [-0.25, -0.2) is 0 Å². The molecular weight excluding hydrogens is 382 g/mol. The normalized spacial score (nSPS) is 11.6. The lowest BCUT2D eigenvalue weighted by Crippen LogP contribution is -2.31. The van der Waals surface area contributed by atoms with Crippen molar-refractivity contribution in [3.63, 3.8) is 0 Å². The van der Waals surface area contributed by atoms with Crippen LogP contribution in [0, 0.1) is 0 Å². The molecule has 6 heteroatoms. The number of ether oxygens (including phenoxy) is 1. The standard InChI is InChI=1S/C17H15BrClNO3/c1-11(14-4-2-3-5-15(14)19)23-16(21)10-20-17(22)12-6-8-13(18)9-7-12/h2-9,11H,10H2,1H3,(H,20,22)/t11-/m0/s1. The van der Waals surface area contributed by atoms with Gasteiger partial charge in [0.1, 0.15) is 12.6 Å². The van der Waals surface area contributed by atoms with Gasteiger partial charge in [0.05, 0.1) is 0 Å². The van der Waals surface area contributed by atoms with Crippen LogP contribution in [0.5, 0.6) is 0 Å². The van der Waals surface area contributed by atoms with Crippen molar-refractivity contribution in [3.8, 4) is 0 Å². The first-order valence-corrected chi connectivity index (χ1v) is 8.12. The fourth-order valence-electron chi connectivity index (χ4n) is 1.96. The van der Waals surface area contributed by atoms with Crippen molar-refractivity contribution in [1.29, 1.82) is 0 Å². The van der Waals surface area contributed by atoms with Crippen molar-refractivity contribution < 1.29 is 14.3 Å². The predicted octanol–water partition coefficient (Wildman–Crippen LogP) is 4.14. The summed E-state index contributed by atoms with van der Waals surface area (Å²) in [6, 6.07) is 14.0. The molecular formula is C17H15BrClNO3. The molecule has 1 amide bonds. The van der Waals surface area contributed by atoms with Gasteiger partial charge in [-0.1, -0.05) is 45.7 Å². The lowest BCUT2D eigenvalue weighted by Gasteiger charge is -2.15. The zero-order valence-electron chi connectivity index (χ0n) is 12.4. The Morgan fingerprint density at radius 2 is 1.83 bits per heavy atom. The van der Waals surface area contributed by atoms with Crippen molar-refractivity contribution in [1.82, 2.24) is 5.32 Å². The monoisotopic (exact) mass is 395 g/mol. The number of halogens is 2.